The van der Waals surface area contributed by atoms with Crippen LogP contribution in [0.1, 0.15) is 47.0 Å². The molecule has 0 heterocycles. The third-order valence-electron chi connectivity index (χ3n) is 3.45. The van der Waals surface area contributed by atoms with E-state index in [0.29, 0.717) is 17.6 Å². The lowest BCUT2D eigenvalue weighted by Crippen LogP contribution is -2.19. The second-order valence-electron chi connectivity index (χ2n) is 5.06. The van der Waals surface area contributed by atoms with Crippen molar-refractivity contribution in [1.82, 2.24) is 0 Å². The van der Waals surface area contributed by atoms with Crippen LogP contribution in [0.15, 0.2) is 0 Å². The Bertz CT molecular complexity index is 184. The quantitative estimate of drug-likeness (QED) is 0.654. The lowest BCUT2D eigenvalue weighted by atomic mass is 9.81. The molecule has 1 rings (SSSR count). The number of Topliss-reactive ketones (excluding diaryl/α,β-unsaturated/α-hetero) is 1. The minimum Gasteiger partial charge on any atom is -0.299 e. The van der Waals surface area contributed by atoms with Crippen LogP contribution in [0.4, 0.5) is 0 Å². The van der Waals surface area contributed by atoms with Gasteiger partial charge in [-0.3, -0.25) is 4.79 Å². The Morgan fingerprint density at radius 2 is 2.00 bits per heavy atom. The highest BCUT2D eigenvalue weighted by molar-refractivity contribution is 5.83. The van der Waals surface area contributed by atoms with Crippen molar-refractivity contribution in [3.63, 3.8) is 0 Å². The maximum atomic E-state index is 11.4. The van der Waals surface area contributed by atoms with E-state index in [1.807, 2.05) is 0 Å². The average molecular weight is 182 g/mol. The van der Waals surface area contributed by atoms with Crippen LogP contribution in [0.2, 0.25) is 0 Å². The maximum absolute atomic E-state index is 11.4. The molecule has 1 aliphatic rings. The Morgan fingerprint density at radius 3 is 2.38 bits per heavy atom. The molecule has 0 aromatic heterocycles. The summed E-state index contributed by atoms with van der Waals surface area (Å²) in [5.41, 5.74) is 0. The van der Waals surface area contributed by atoms with E-state index < -0.39 is 0 Å². The van der Waals surface area contributed by atoms with Gasteiger partial charge in [-0.2, -0.15) is 0 Å². The van der Waals surface area contributed by atoms with E-state index in [4.69, 9.17) is 0 Å². The topological polar surface area (TPSA) is 17.1 Å². The maximum Gasteiger partial charge on any atom is 0.135 e. The number of carbonyl (C=O) groups excluding carboxylic acids is 1. The molecule has 0 radical (unpaired) electrons. The first-order valence-electron chi connectivity index (χ1n) is 5.55. The fourth-order valence-electron chi connectivity index (χ4n) is 2.72. The van der Waals surface area contributed by atoms with Crippen LogP contribution >= 0.6 is 0 Å². The molecular formula is C12H22O. The van der Waals surface area contributed by atoms with E-state index in [-0.39, 0.29) is 0 Å². The van der Waals surface area contributed by atoms with Gasteiger partial charge in [-0.05, 0) is 30.6 Å². The van der Waals surface area contributed by atoms with Gasteiger partial charge in [0.1, 0.15) is 5.78 Å². The summed E-state index contributed by atoms with van der Waals surface area (Å²) in [6, 6.07) is 0. The SMILES string of the molecule is CC(C)CC(C)C1CCC(=O)C1C. The number of rotatable bonds is 3. The molecule has 0 aromatic carbocycles. The third-order valence-corrected chi connectivity index (χ3v) is 3.45. The fraction of sp³-hybridized carbons (Fsp3) is 0.917. The standard InChI is InChI=1S/C12H22O/c1-8(2)7-9(3)11-5-6-12(13)10(11)4/h8-11H,5-7H2,1-4H3. The van der Waals surface area contributed by atoms with Crippen LogP contribution in [0.5, 0.6) is 0 Å². The molecule has 1 aliphatic carbocycles. The van der Waals surface area contributed by atoms with Crippen molar-refractivity contribution in [1.29, 1.82) is 0 Å². The zero-order chi connectivity index (χ0) is 10.0. The summed E-state index contributed by atoms with van der Waals surface area (Å²) >= 11 is 0. The highest BCUT2D eigenvalue weighted by Crippen LogP contribution is 2.36. The summed E-state index contributed by atoms with van der Waals surface area (Å²) in [4.78, 5) is 11.4. The van der Waals surface area contributed by atoms with Crippen LogP contribution < -0.4 is 0 Å². The molecule has 0 N–H and O–H groups in total. The second-order valence-corrected chi connectivity index (χ2v) is 5.06. The lowest BCUT2D eigenvalue weighted by Gasteiger charge is -2.23. The summed E-state index contributed by atoms with van der Waals surface area (Å²) in [5, 5.41) is 0. The molecule has 0 bridgehead atoms. The van der Waals surface area contributed by atoms with E-state index in [1.54, 1.807) is 0 Å². The van der Waals surface area contributed by atoms with E-state index in [2.05, 4.69) is 27.7 Å². The zero-order valence-electron chi connectivity index (χ0n) is 9.34. The van der Waals surface area contributed by atoms with Crippen molar-refractivity contribution in [3.05, 3.63) is 0 Å². The Labute approximate surface area is 81.9 Å². The van der Waals surface area contributed by atoms with Gasteiger partial charge in [0.25, 0.3) is 0 Å². The third kappa shape index (κ3) is 2.55. The van der Waals surface area contributed by atoms with E-state index in [0.717, 1.165) is 24.7 Å². The molecule has 1 heteroatoms. The van der Waals surface area contributed by atoms with Crippen molar-refractivity contribution in [3.8, 4) is 0 Å². The van der Waals surface area contributed by atoms with Gasteiger partial charge in [-0.25, -0.2) is 0 Å². The summed E-state index contributed by atoms with van der Waals surface area (Å²) in [5.74, 6) is 2.96. The first-order valence-corrected chi connectivity index (χ1v) is 5.55. The number of carbonyl (C=O) groups is 1. The van der Waals surface area contributed by atoms with E-state index in [9.17, 15) is 4.79 Å². The molecule has 3 atom stereocenters. The van der Waals surface area contributed by atoms with Gasteiger partial charge < -0.3 is 0 Å². The van der Waals surface area contributed by atoms with Crippen molar-refractivity contribution in [2.24, 2.45) is 23.7 Å². The summed E-state index contributed by atoms with van der Waals surface area (Å²) in [6.07, 6.45) is 3.23. The Morgan fingerprint density at radius 1 is 1.38 bits per heavy atom. The predicted molar refractivity (Wildman–Crippen MR) is 55.5 cm³/mol. The Kier molecular flexibility index (Phi) is 3.52. The first-order chi connectivity index (χ1) is 6.02. The normalized spacial score (nSPS) is 31.3. The summed E-state index contributed by atoms with van der Waals surface area (Å²) < 4.78 is 0. The minimum atomic E-state index is 0.328. The molecular weight excluding hydrogens is 160 g/mol. The van der Waals surface area contributed by atoms with Gasteiger partial charge in [0.15, 0.2) is 0 Å². The largest absolute Gasteiger partial charge is 0.299 e. The van der Waals surface area contributed by atoms with Gasteiger partial charge in [0.05, 0.1) is 0 Å². The molecule has 0 aliphatic heterocycles. The molecule has 13 heavy (non-hydrogen) atoms. The molecule has 1 fully saturated rings. The minimum absolute atomic E-state index is 0.328. The molecule has 1 nitrogen and oxygen atoms in total. The van der Waals surface area contributed by atoms with Crippen molar-refractivity contribution < 1.29 is 4.79 Å². The van der Waals surface area contributed by atoms with Crippen molar-refractivity contribution >= 4 is 5.78 Å². The van der Waals surface area contributed by atoms with Crippen molar-refractivity contribution in [2.45, 2.75) is 47.0 Å². The predicted octanol–water partition coefficient (Wildman–Crippen LogP) is 3.28. The van der Waals surface area contributed by atoms with Gasteiger partial charge >= 0.3 is 0 Å². The highest BCUT2D eigenvalue weighted by Gasteiger charge is 2.34. The van der Waals surface area contributed by atoms with Gasteiger partial charge in [-0.1, -0.05) is 27.7 Å². The van der Waals surface area contributed by atoms with Crippen LogP contribution in [-0.4, -0.2) is 5.78 Å². The smallest absolute Gasteiger partial charge is 0.135 e. The van der Waals surface area contributed by atoms with E-state index >= 15 is 0 Å². The van der Waals surface area contributed by atoms with Crippen LogP contribution in [0.25, 0.3) is 0 Å². The number of ketones is 1. The van der Waals surface area contributed by atoms with Crippen LogP contribution in [0.3, 0.4) is 0 Å². The molecule has 1 saturated carbocycles. The lowest BCUT2D eigenvalue weighted by molar-refractivity contribution is -0.121. The van der Waals surface area contributed by atoms with Gasteiger partial charge in [0.2, 0.25) is 0 Å². The summed E-state index contributed by atoms with van der Waals surface area (Å²) in [7, 11) is 0. The molecule has 0 spiro atoms. The van der Waals surface area contributed by atoms with Crippen LogP contribution in [-0.2, 0) is 4.79 Å². The van der Waals surface area contributed by atoms with Gasteiger partial charge in [-0.15, -0.1) is 0 Å². The Hall–Kier alpha value is -0.330. The number of hydrogen-bond acceptors (Lipinski definition) is 1. The van der Waals surface area contributed by atoms with Gasteiger partial charge in [0, 0.05) is 12.3 Å². The molecule has 0 saturated heterocycles. The van der Waals surface area contributed by atoms with E-state index in [1.165, 1.54) is 6.42 Å². The summed E-state index contributed by atoms with van der Waals surface area (Å²) in [6.45, 7) is 8.94. The fourth-order valence-corrected chi connectivity index (χ4v) is 2.72. The molecule has 3 unspecified atom stereocenters. The Balaban J connectivity index is 2.48. The monoisotopic (exact) mass is 182 g/mol. The zero-order valence-corrected chi connectivity index (χ0v) is 9.34. The molecule has 0 amide bonds. The first kappa shape index (κ1) is 10.7. The second kappa shape index (κ2) is 4.26. The van der Waals surface area contributed by atoms with Crippen LogP contribution in [0, 0.1) is 23.7 Å². The average Bonchev–Trinajstić information content (AvgIpc) is 2.31. The van der Waals surface area contributed by atoms with Crippen molar-refractivity contribution in [2.75, 3.05) is 0 Å². The molecule has 0 aromatic rings. The molecule has 76 valence electrons. The highest BCUT2D eigenvalue weighted by atomic mass is 16.1. The number of hydrogen-bond donors (Lipinski definition) is 0.